The molecule has 2 heterocycles. The first-order valence-electron chi connectivity index (χ1n) is 11.0. The van der Waals surface area contributed by atoms with Gasteiger partial charge in [0.05, 0.1) is 24.8 Å². The molecule has 4 rings (SSSR count). The summed E-state index contributed by atoms with van der Waals surface area (Å²) in [6.45, 7) is 7.00. The van der Waals surface area contributed by atoms with Crippen molar-refractivity contribution in [1.82, 2.24) is 4.90 Å². The molecule has 1 aromatic heterocycles. The lowest BCUT2D eigenvalue weighted by atomic mass is 9.94. The molecule has 0 spiro atoms. The zero-order valence-electron chi connectivity index (χ0n) is 18.9. The molecule has 1 atom stereocenters. The van der Waals surface area contributed by atoms with Crippen molar-refractivity contribution in [1.29, 1.82) is 0 Å². The topological polar surface area (TPSA) is 66.8 Å². The first-order chi connectivity index (χ1) is 15.8. The summed E-state index contributed by atoms with van der Waals surface area (Å²) >= 11 is 1.53. The second-order valence-corrected chi connectivity index (χ2v) is 9.68. The number of hydrogen-bond donors (Lipinski definition) is 1. The quantitative estimate of drug-likeness (QED) is 0.278. The number of thiophene rings is 1. The number of likely N-dealkylation sites (tertiary alicyclic amines) is 1. The molecule has 5 nitrogen and oxygen atoms in total. The van der Waals surface area contributed by atoms with Crippen molar-refractivity contribution in [2.45, 2.75) is 33.4 Å². The average molecular weight is 462 g/mol. The Morgan fingerprint density at radius 2 is 1.85 bits per heavy atom. The number of amides is 1. The Kier molecular flexibility index (Phi) is 6.65. The van der Waals surface area contributed by atoms with E-state index in [0.717, 1.165) is 16.0 Å². The van der Waals surface area contributed by atoms with Gasteiger partial charge in [0.2, 0.25) is 0 Å². The van der Waals surface area contributed by atoms with Crippen LogP contribution in [0.2, 0.25) is 0 Å². The molecule has 0 aliphatic carbocycles. The highest BCUT2D eigenvalue weighted by Crippen LogP contribution is 2.41. The lowest BCUT2D eigenvalue weighted by Crippen LogP contribution is -2.28. The third-order valence-corrected chi connectivity index (χ3v) is 6.38. The van der Waals surface area contributed by atoms with Crippen molar-refractivity contribution in [2.75, 3.05) is 6.61 Å². The van der Waals surface area contributed by atoms with Crippen LogP contribution in [0, 0.1) is 12.8 Å². The fraction of sp³-hybridized carbons (Fsp3) is 0.259. The summed E-state index contributed by atoms with van der Waals surface area (Å²) in [5.74, 6) is -0.367. The average Bonchev–Trinajstić information content (AvgIpc) is 3.40. The number of ether oxygens (including phenoxy) is 1. The fourth-order valence-electron chi connectivity index (χ4n) is 3.93. The van der Waals surface area contributed by atoms with Crippen LogP contribution in [0.5, 0.6) is 5.75 Å². The normalized spacial score (nSPS) is 17.7. The number of rotatable bonds is 7. The van der Waals surface area contributed by atoms with E-state index in [1.54, 1.807) is 29.2 Å². The highest BCUT2D eigenvalue weighted by molar-refractivity contribution is 7.09. The van der Waals surface area contributed by atoms with Crippen LogP contribution in [0.25, 0.3) is 5.76 Å². The van der Waals surface area contributed by atoms with Crippen LogP contribution in [0.1, 0.15) is 41.5 Å². The first kappa shape index (κ1) is 22.8. The molecule has 170 valence electrons. The number of nitrogens with zero attached hydrogens (tertiary/aromatic N) is 1. The maximum Gasteiger partial charge on any atom is 0.295 e. The number of hydrogen-bond acceptors (Lipinski definition) is 5. The van der Waals surface area contributed by atoms with Gasteiger partial charge >= 0.3 is 0 Å². The molecule has 2 aromatic carbocycles. The van der Waals surface area contributed by atoms with Crippen molar-refractivity contribution in [3.05, 3.63) is 93.2 Å². The summed E-state index contributed by atoms with van der Waals surface area (Å²) in [5.41, 5.74) is 2.39. The fourth-order valence-corrected chi connectivity index (χ4v) is 4.63. The summed E-state index contributed by atoms with van der Waals surface area (Å²) in [5, 5.41) is 13.1. The van der Waals surface area contributed by atoms with E-state index in [4.69, 9.17) is 4.74 Å². The van der Waals surface area contributed by atoms with Gasteiger partial charge in [-0.15, -0.1) is 11.3 Å². The highest BCUT2D eigenvalue weighted by Gasteiger charge is 2.46. The number of aliphatic hydroxyl groups is 1. The molecule has 1 aliphatic rings. The van der Waals surface area contributed by atoms with Gasteiger partial charge < -0.3 is 14.7 Å². The number of aliphatic hydroxyl groups excluding tert-OH is 1. The molecule has 0 saturated carbocycles. The number of benzene rings is 2. The van der Waals surface area contributed by atoms with E-state index in [9.17, 15) is 14.7 Å². The van der Waals surface area contributed by atoms with Crippen LogP contribution in [-0.4, -0.2) is 28.3 Å². The monoisotopic (exact) mass is 461 g/mol. The van der Waals surface area contributed by atoms with E-state index in [0.29, 0.717) is 30.4 Å². The van der Waals surface area contributed by atoms with E-state index >= 15 is 0 Å². The zero-order valence-corrected chi connectivity index (χ0v) is 19.8. The summed E-state index contributed by atoms with van der Waals surface area (Å²) in [6, 6.07) is 17.9. The third-order valence-electron chi connectivity index (χ3n) is 5.52. The number of aryl methyl sites for hydroxylation is 1. The van der Waals surface area contributed by atoms with E-state index < -0.39 is 17.7 Å². The van der Waals surface area contributed by atoms with Gasteiger partial charge in [0.25, 0.3) is 11.7 Å². The lowest BCUT2D eigenvalue weighted by molar-refractivity contribution is -0.140. The lowest BCUT2D eigenvalue weighted by Gasteiger charge is -2.25. The maximum atomic E-state index is 13.1. The Bertz CT molecular complexity index is 1180. The Morgan fingerprint density at radius 3 is 2.48 bits per heavy atom. The molecule has 1 unspecified atom stereocenters. The Labute approximate surface area is 197 Å². The van der Waals surface area contributed by atoms with Crippen LogP contribution in [0.15, 0.2) is 71.6 Å². The van der Waals surface area contributed by atoms with E-state index in [1.165, 1.54) is 11.3 Å². The molecule has 1 saturated heterocycles. The minimum absolute atomic E-state index is 0.109. The van der Waals surface area contributed by atoms with Crippen LogP contribution < -0.4 is 4.74 Å². The molecule has 1 fully saturated rings. The Hall–Kier alpha value is -3.38. The number of Topliss-reactive ketones (excluding diaryl/α,β-unsaturated/α-hetero) is 1. The molecule has 1 aliphatic heterocycles. The highest BCUT2D eigenvalue weighted by atomic mass is 32.1. The molecular weight excluding hydrogens is 434 g/mol. The van der Waals surface area contributed by atoms with Gasteiger partial charge in [-0.05, 0) is 54.1 Å². The van der Waals surface area contributed by atoms with Gasteiger partial charge in [0, 0.05) is 10.4 Å². The summed E-state index contributed by atoms with van der Waals surface area (Å²) in [7, 11) is 0. The van der Waals surface area contributed by atoms with Crippen molar-refractivity contribution in [3.8, 4) is 5.75 Å². The maximum absolute atomic E-state index is 13.1. The van der Waals surface area contributed by atoms with Crippen molar-refractivity contribution in [2.24, 2.45) is 5.92 Å². The standard InChI is InChI=1S/C27H27NO4S/c1-17(2)16-32-21-11-9-19(10-12-21)25(29)23-24(20-7-4-6-18(3)14-20)28(27(31)26(23)30)15-22-8-5-13-33-22/h4-14,17,24,29H,15-16H2,1-3H3/b25-23-. The van der Waals surface area contributed by atoms with E-state index in [-0.39, 0.29) is 11.3 Å². The largest absolute Gasteiger partial charge is 0.507 e. The minimum atomic E-state index is -0.671. The van der Waals surface area contributed by atoms with Gasteiger partial charge in [0.1, 0.15) is 11.5 Å². The molecule has 33 heavy (non-hydrogen) atoms. The van der Waals surface area contributed by atoms with Gasteiger partial charge in [-0.25, -0.2) is 0 Å². The Morgan fingerprint density at radius 1 is 1.09 bits per heavy atom. The zero-order chi connectivity index (χ0) is 23.5. The summed E-state index contributed by atoms with van der Waals surface area (Å²) in [4.78, 5) is 28.7. The van der Waals surface area contributed by atoms with E-state index in [1.807, 2.05) is 48.7 Å². The predicted molar refractivity (Wildman–Crippen MR) is 130 cm³/mol. The van der Waals surface area contributed by atoms with Crippen LogP contribution in [-0.2, 0) is 16.1 Å². The third kappa shape index (κ3) is 4.86. The number of carbonyl (C=O) groups is 2. The van der Waals surface area contributed by atoms with Crippen LogP contribution in [0.4, 0.5) is 0 Å². The van der Waals surface area contributed by atoms with Crippen molar-refractivity contribution < 1.29 is 19.4 Å². The van der Waals surface area contributed by atoms with Gasteiger partial charge in [-0.3, -0.25) is 9.59 Å². The van der Waals surface area contributed by atoms with Crippen molar-refractivity contribution >= 4 is 28.8 Å². The Balaban J connectivity index is 1.76. The van der Waals surface area contributed by atoms with Crippen LogP contribution in [0.3, 0.4) is 0 Å². The van der Waals surface area contributed by atoms with Gasteiger partial charge in [0.15, 0.2) is 0 Å². The predicted octanol–water partition coefficient (Wildman–Crippen LogP) is 5.71. The molecular formula is C27H27NO4S. The summed E-state index contributed by atoms with van der Waals surface area (Å²) < 4.78 is 5.72. The number of carbonyl (C=O) groups excluding carboxylic acids is 2. The molecule has 1 amide bonds. The SMILES string of the molecule is Cc1cccc(C2/C(=C(/O)c3ccc(OCC(C)C)cc3)C(=O)C(=O)N2Cc2cccs2)c1. The van der Waals surface area contributed by atoms with Crippen molar-refractivity contribution in [3.63, 3.8) is 0 Å². The molecule has 0 bridgehead atoms. The minimum Gasteiger partial charge on any atom is -0.507 e. The second kappa shape index (κ2) is 9.63. The van der Waals surface area contributed by atoms with Crippen LogP contribution >= 0.6 is 11.3 Å². The molecule has 3 aromatic rings. The molecule has 6 heteroatoms. The van der Waals surface area contributed by atoms with Gasteiger partial charge in [-0.1, -0.05) is 49.7 Å². The smallest absolute Gasteiger partial charge is 0.295 e. The first-order valence-corrected chi connectivity index (χ1v) is 11.8. The molecule has 1 N–H and O–H groups in total. The van der Waals surface area contributed by atoms with Gasteiger partial charge in [-0.2, -0.15) is 0 Å². The number of ketones is 1. The second-order valence-electron chi connectivity index (χ2n) is 8.65. The summed E-state index contributed by atoms with van der Waals surface area (Å²) in [6.07, 6.45) is 0. The van der Waals surface area contributed by atoms with E-state index in [2.05, 4.69) is 13.8 Å². The molecule has 0 radical (unpaired) electrons.